The Balaban J connectivity index is 2.34. The van der Waals surface area contributed by atoms with E-state index in [0.29, 0.717) is 0 Å². The topological polar surface area (TPSA) is 41.6 Å². The molecule has 2 heterocycles. The molecule has 3 heteroatoms. The minimum Gasteiger partial charge on any atom is -0.353 e. The van der Waals surface area contributed by atoms with Crippen molar-refractivity contribution in [3.8, 4) is 0 Å². The fraction of sp³-hybridized carbons (Fsp3) is 0. The first-order valence-electron chi connectivity index (χ1n) is 5.52. The Labute approximate surface area is 97.1 Å². The van der Waals surface area contributed by atoms with Gasteiger partial charge in [-0.25, -0.2) is 9.97 Å². The van der Waals surface area contributed by atoms with Crippen LogP contribution in [0.4, 0.5) is 0 Å². The van der Waals surface area contributed by atoms with Crippen LogP contribution in [0, 0.1) is 0 Å². The Morgan fingerprint density at radius 1 is 0.941 bits per heavy atom. The average Bonchev–Trinajstić information content (AvgIpc) is 2.78. The van der Waals surface area contributed by atoms with Crippen LogP contribution in [0.15, 0.2) is 48.9 Å². The summed E-state index contributed by atoms with van der Waals surface area (Å²) in [6.45, 7) is 0. The number of nitrogens with one attached hydrogen (secondary N) is 1. The SMILES string of the molecule is c1ccc2c(c1)[nH]c1c2ccc2cncnc21. The van der Waals surface area contributed by atoms with Gasteiger partial charge in [-0.05, 0) is 6.07 Å². The molecule has 3 nitrogen and oxygen atoms in total. The summed E-state index contributed by atoms with van der Waals surface area (Å²) in [6.07, 6.45) is 3.43. The molecule has 0 saturated heterocycles. The first-order chi connectivity index (χ1) is 8.43. The summed E-state index contributed by atoms with van der Waals surface area (Å²) in [4.78, 5) is 11.8. The summed E-state index contributed by atoms with van der Waals surface area (Å²) in [7, 11) is 0. The summed E-state index contributed by atoms with van der Waals surface area (Å²) < 4.78 is 0. The van der Waals surface area contributed by atoms with Crippen LogP contribution in [-0.4, -0.2) is 15.0 Å². The number of hydrogen-bond donors (Lipinski definition) is 1. The molecule has 0 unspecified atom stereocenters. The zero-order valence-corrected chi connectivity index (χ0v) is 9.01. The van der Waals surface area contributed by atoms with Crippen molar-refractivity contribution in [1.82, 2.24) is 15.0 Å². The lowest BCUT2D eigenvalue weighted by atomic mass is 10.1. The molecule has 0 fully saturated rings. The second-order valence-electron chi connectivity index (χ2n) is 4.12. The van der Waals surface area contributed by atoms with Gasteiger partial charge in [0.2, 0.25) is 0 Å². The molecule has 0 aliphatic heterocycles. The van der Waals surface area contributed by atoms with Crippen molar-refractivity contribution in [2.45, 2.75) is 0 Å². The van der Waals surface area contributed by atoms with E-state index in [2.05, 4.69) is 45.3 Å². The number of para-hydroxylation sites is 1. The van der Waals surface area contributed by atoms with E-state index in [1.165, 1.54) is 10.8 Å². The van der Waals surface area contributed by atoms with Crippen LogP contribution in [0.25, 0.3) is 32.7 Å². The van der Waals surface area contributed by atoms with E-state index in [9.17, 15) is 0 Å². The lowest BCUT2D eigenvalue weighted by Gasteiger charge is -1.96. The van der Waals surface area contributed by atoms with Gasteiger partial charge in [0.15, 0.2) is 0 Å². The van der Waals surface area contributed by atoms with Crippen LogP contribution in [0.2, 0.25) is 0 Å². The highest BCUT2D eigenvalue weighted by Crippen LogP contribution is 2.29. The molecule has 2 aromatic heterocycles. The number of aromatic nitrogens is 3. The Hall–Kier alpha value is -2.42. The number of benzene rings is 2. The first-order valence-corrected chi connectivity index (χ1v) is 5.52. The van der Waals surface area contributed by atoms with Crippen molar-refractivity contribution >= 4 is 32.7 Å². The molecule has 4 rings (SSSR count). The fourth-order valence-electron chi connectivity index (χ4n) is 2.37. The van der Waals surface area contributed by atoms with E-state index < -0.39 is 0 Å². The monoisotopic (exact) mass is 219 g/mol. The van der Waals surface area contributed by atoms with E-state index in [1.807, 2.05) is 12.3 Å². The Morgan fingerprint density at radius 2 is 1.88 bits per heavy atom. The Morgan fingerprint density at radius 3 is 2.88 bits per heavy atom. The maximum atomic E-state index is 4.36. The summed E-state index contributed by atoms with van der Waals surface area (Å²) in [6, 6.07) is 12.5. The zero-order valence-electron chi connectivity index (χ0n) is 9.01. The van der Waals surface area contributed by atoms with Gasteiger partial charge in [-0.1, -0.05) is 30.3 Å². The highest BCUT2D eigenvalue weighted by molar-refractivity contribution is 6.15. The third kappa shape index (κ3) is 1.11. The highest BCUT2D eigenvalue weighted by Gasteiger charge is 2.07. The minimum absolute atomic E-state index is 0.980. The second kappa shape index (κ2) is 3.04. The van der Waals surface area contributed by atoms with Crippen LogP contribution in [0.1, 0.15) is 0 Å². The maximum absolute atomic E-state index is 4.36. The summed E-state index contributed by atoms with van der Waals surface area (Å²) >= 11 is 0. The van der Waals surface area contributed by atoms with Crippen LogP contribution in [0.3, 0.4) is 0 Å². The number of fused-ring (bicyclic) bond motifs is 5. The number of H-pyrrole nitrogens is 1. The predicted molar refractivity (Wildman–Crippen MR) is 68.9 cm³/mol. The maximum Gasteiger partial charge on any atom is 0.116 e. The third-order valence-corrected chi connectivity index (χ3v) is 3.15. The number of aromatic amines is 1. The number of hydrogen-bond acceptors (Lipinski definition) is 2. The largest absolute Gasteiger partial charge is 0.353 e. The summed E-state index contributed by atoms with van der Waals surface area (Å²) in [5.74, 6) is 0. The molecule has 0 spiro atoms. The molecule has 2 aromatic carbocycles. The molecule has 0 amide bonds. The summed E-state index contributed by atoms with van der Waals surface area (Å²) in [5, 5.41) is 3.52. The molecular formula is C14H9N3. The molecule has 17 heavy (non-hydrogen) atoms. The van der Waals surface area contributed by atoms with Gasteiger partial charge in [-0.15, -0.1) is 0 Å². The van der Waals surface area contributed by atoms with E-state index in [0.717, 1.165) is 21.9 Å². The van der Waals surface area contributed by atoms with Gasteiger partial charge in [-0.2, -0.15) is 0 Å². The van der Waals surface area contributed by atoms with Gasteiger partial charge in [0.25, 0.3) is 0 Å². The molecule has 1 N–H and O–H groups in total. The quantitative estimate of drug-likeness (QED) is 0.493. The van der Waals surface area contributed by atoms with Crippen molar-refractivity contribution < 1.29 is 0 Å². The van der Waals surface area contributed by atoms with Crippen molar-refractivity contribution in [2.75, 3.05) is 0 Å². The molecule has 0 aliphatic carbocycles. The molecule has 0 atom stereocenters. The smallest absolute Gasteiger partial charge is 0.116 e. The molecule has 80 valence electrons. The fourth-order valence-corrected chi connectivity index (χ4v) is 2.37. The van der Waals surface area contributed by atoms with Gasteiger partial charge in [0.05, 0.1) is 11.0 Å². The van der Waals surface area contributed by atoms with Gasteiger partial charge in [0, 0.05) is 27.9 Å². The van der Waals surface area contributed by atoms with Crippen LogP contribution < -0.4 is 0 Å². The Kier molecular flexibility index (Phi) is 1.56. The van der Waals surface area contributed by atoms with Gasteiger partial charge in [0.1, 0.15) is 6.33 Å². The minimum atomic E-state index is 0.980. The van der Waals surface area contributed by atoms with Gasteiger partial charge in [-0.3, -0.25) is 0 Å². The molecular weight excluding hydrogens is 210 g/mol. The lowest BCUT2D eigenvalue weighted by molar-refractivity contribution is 1.22. The Bertz CT molecular complexity index is 846. The van der Waals surface area contributed by atoms with Crippen molar-refractivity contribution in [1.29, 1.82) is 0 Å². The van der Waals surface area contributed by atoms with Crippen molar-refractivity contribution in [3.05, 3.63) is 48.9 Å². The number of nitrogens with zero attached hydrogens (tertiary/aromatic N) is 2. The average molecular weight is 219 g/mol. The molecule has 4 aromatic rings. The highest BCUT2D eigenvalue weighted by atomic mass is 14.8. The van der Waals surface area contributed by atoms with Gasteiger partial charge < -0.3 is 4.98 Å². The van der Waals surface area contributed by atoms with Crippen molar-refractivity contribution in [2.24, 2.45) is 0 Å². The molecule has 0 aliphatic rings. The third-order valence-electron chi connectivity index (χ3n) is 3.15. The van der Waals surface area contributed by atoms with Crippen LogP contribution in [0.5, 0.6) is 0 Å². The standard InChI is InChI=1S/C14H9N3/c1-2-4-12-10(3-1)11-6-5-9-7-15-8-16-13(9)14(11)17-12/h1-8,17H. The van der Waals surface area contributed by atoms with E-state index in [1.54, 1.807) is 6.33 Å². The van der Waals surface area contributed by atoms with E-state index in [4.69, 9.17) is 0 Å². The first kappa shape index (κ1) is 8.70. The van der Waals surface area contributed by atoms with Crippen LogP contribution in [-0.2, 0) is 0 Å². The normalized spacial score (nSPS) is 11.5. The van der Waals surface area contributed by atoms with Crippen molar-refractivity contribution in [3.63, 3.8) is 0 Å². The number of rotatable bonds is 0. The van der Waals surface area contributed by atoms with E-state index >= 15 is 0 Å². The molecule has 0 bridgehead atoms. The van der Waals surface area contributed by atoms with E-state index in [-0.39, 0.29) is 0 Å². The molecule has 0 saturated carbocycles. The summed E-state index contributed by atoms with van der Waals surface area (Å²) in [5.41, 5.74) is 3.22. The van der Waals surface area contributed by atoms with Gasteiger partial charge >= 0.3 is 0 Å². The van der Waals surface area contributed by atoms with Crippen LogP contribution >= 0.6 is 0 Å². The predicted octanol–water partition coefficient (Wildman–Crippen LogP) is 3.26. The lowest BCUT2D eigenvalue weighted by Crippen LogP contribution is -1.81. The second-order valence-corrected chi connectivity index (χ2v) is 4.12. The molecule has 0 radical (unpaired) electrons. The zero-order chi connectivity index (χ0) is 11.2.